The number of fused-ring (bicyclic) bond motifs is 2. The van der Waals surface area contributed by atoms with E-state index in [2.05, 4.69) is 11.1 Å². The largest absolute Gasteiger partial charge is 0.462 e. The van der Waals surface area contributed by atoms with Crippen molar-refractivity contribution >= 4 is 40.4 Å². The van der Waals surface area contributed by atoms with Gasteiger partial charge in [-0.15, -0.1) is 0 Å². The van der Waals surface area contributed by atoms with Crippen molar-refractivity contribution in [2.75, 3.05) is 17.2 Å². The van der Waals surface area contributed by atoms with Gasteiger partial charge in [0.15, 0.2) is 5.16 Å². The number of anilines is 1. The highest BCUT2D eigenvalue weighted by atomic mass is 32.2. The molecule has 7 heteroatoms. The summed E-state index contributed by atoms with van der Waals surface area (Å²) in [5.41, 5.74) is 3.87. The minimum atomic E-state index is -0.289. The zero-order chi connectivity index (χ0) is 20.4. The third-order valence-corrected chi connectivity index (χ3v) is 5.74. The van der Waals surface area contributed by atoms with Crippen LogP contribution >= 0.6 is 11.8 Å². The number of carbonyl (C=O) groups is 2. The maximum Gasteiger partial charge on any atom is 0.316 e. The van der Waals surface area contributed by atoms with Gasteiger partial charge >= 0.3 is 5.97 Å². The number of esters is 1. The maximum atomic E-state index is 13.1. The number of imidazole rings is 1. The molecule has 150 valence electrons. The van der Waals surface area contributed by atoms with Gasteiger partial charge < -0.3 is 14.2 Å². The minimum absolute atomic E-state index is 0.0183. The third kappa shape index (κ3) is 4.15. The van der Waals surface area contributed by atoms with Crippen LogP contribution in [0.25, 0.3) is 11.0 Å². The molecule has 1 amide bonds. The Bertz CT molecular complexity index is 1060. The Labute approximate surface area is 173 Å². The predicted molar refractivity (Wildman–Crippen MR) is 114 cm³/mol. The van der Waals surface area contributed by atoms with Crippen LogP contribution in [0.15, 0.2) is 53.7 Å². The molecule has 0 aliphatic carbocycles. The van der Waals surface area contributed by atoms with Crippen molar-refractivity contribution in [1.29, 1.82) is 0 Å². The van der Waals surface area contributed by atoms with Crippen LogP contribution in [0.2, 0.25) is 0 Å². The molecule has 0 saturated carbocycles. The first-order valence-corrected chi connectivity index (χ1v) is 10.7. The lowest BCUT2D eigenvalue weighted by atomic mass is 10.2. The van der Waals surface area contributed by atoms with Gasteiger partial charge in [0, 0.05) is 12.2 Å². The summed E-state index contributed by atoms with van der Waals surface area (Å²) in [7, 11) is 0. The summed E-state index contributed by atoms with van der Waals surface area (Å²) >= 11 is 1.30. The molecular formula is C22H23N3O3S. The van der Waals surface area contributed by atoms with Gasteiger partial charge in [0.1, 0.15) is 6.54 Å². The van der Waals surface area contributed by atoms with E-state index in [9.17, 15) is 9.59 Å². The Balaban J connectivity index is 1.57. The van der Waals surface area contributed by atoms with E-state index >= 15 is 0 Å². The molecule has 2 aromatic carbocycles. The zero-order valence-electron chi connectivity index (χ0n) is 16.5. The smallest absolute Gasteiger partial charge is 0.316 e. The first-order chi connectivity index (χ1) is 14.0. The monoisotopic (exact) mass is 409 g/mol. The van der Waals surface area contributed by atoms with Crippen molar-refractivity contribution in [3.8, 4) is 0 Å². The molecule has 0 unspecified atom stereocenters. The molecule has 1 aromatic heterocycles. The summed E-state index contributed by atoms with van der Waals surface area (Å²) in [5.74, 6) is -0.115. The van der Waals surface area contributed by atoms with Crippen LogP contribution in [0.3, 0.4) is 0 Å². The average molecular weight is 410 g/mol. The van der Waals surface area contributed by atoms with Gasteiger partial charge in [0.25, 0.3) is 0 Å². The number of carbonyl (C=O) groups excluding carboxylic acids is 2. The number of rotatable bonds is 6. The average Bonchev–Trinajstić information content (AvgIpc) is 3.28. The predicted octanol–water partition coefficient (Wildman–Crippen LogP) is 3.67. The summed E-state index contributed by atoms with van der Waals surface area (Å²) in [5, 5.41) is 0.646. The van der Waals surface area contributed by atoms with E-state index < -0.39 is 0 Å². The van der Waals surface area contributed by atoms with Crippen molar-refractivity contribution in [1.82, 2.24) is 9.55 Å². The molecule has 0 N–H and O–H groups in total. The van der Waals surface area contributed by atoms with Gasteiger partial charge in [-0.05, 0) is 44.0 Å². The quantitative estimate of drug-likeness (QED) is 0.459. The lowest BCUT2D eigenvalue weighted by Gasteiger charge is -2.18. The number of nitrogens with zero attached hydrogens (tertiary/aromatic N) is 3. The van der Waals surface area contributed by atoms with Crippen LogP contribution < -0.4 is 4.90 Å². The topological polar surface area (TPSA) is 64.4 Å². The first-order valence-electron chi connectivity index (χ1n) is 9.69. The molecule has 6 nitrogen and oxygen atoms in total. The molecule has 0 radical (unpaired) electrons. The fraction of sp³-hybridized carbons (Fsp3) is 0.318. The zero-order valence-corrected chi connectivity index (χ0v) is 17.3. The van der Waals surface area contributed by atoms with Gasteiger partial charge in [0.2, 0.25) is 5.91 Å². The normalized spacial score (nSPS) is 13.1. The van der Waals surface area contributed by atoms with Gasteiger partial charge in [0.05, 0.1) is 22.9 Å². The Morgan fingerprint density at radius 1 is 1.14 bits per heavy atom. The van der Waals surface area contributed by atoms with Gasteiger partial charge in [-0.1, -0.05) is 42.1 Å². The molecule has 0 spiro atoms. The maximum absolute atomic E-state index is 13.1. The van der Waals surface area contributed by atoms with Crippen LogP contribution in [-0.4, -0.2) is 39.8 Å². The number of ether oxygens (including phenoxy) is 1. The van der Waals surface area contributed by atoms with E-state index in [1.807, 2.05) is 65.8 Å². The SMILES string of the molecule is CC(C)OC(=O)CSc1nc2ccccc2n1CC(=O)N1CCc2ccccc21. The second-order valence-electron chi connectivity index (χ2n) is 7.22. The molecule has 0 fully saturated rings. The second kappa shape index (κ2) is 8.29. The number of para-hydroxylation sites is 3. The van der Waals surface area contributed by atoms with Crippen LogP contribution in [0.4, 0.5) is 5.69 Å². The van der Waals surface area contributed by atoms with Gasteiger partial charge in [-0.3, -0.25) is 9.59 Å². The van der Waals surface area contributed by atoms with Gasteiger partial charge in [-0.25, -0.2) is 4.98 Å². The van der Waals surface area contributed by atoms with E-state index in [1.54, 1.807) is 0 Å². The third-order valence-electron chi connectivity index (χ3n) is 4.79. The van der Waals surface area contributed by atoms with Crippen molar-refractivity contribution in [2.24, 2.45) is 0 Å². The number of thioether (sulfide) groups is 1. The summed E-state index contributed by atoms with van der Waals surface area (Å²) in [6.07, 6.45) is 0.716. The Kier molecular flexibility index (Phi) is 5.58. The fourth-order valence-corrected chi connectivity index (χ4v) is 4.35. The number of hydrogen-bond acceptors (Lipinski definition) is 5. The van der Waals surface area contributed by atoms with E-state index in [1.165, 1.54) is 17.3 Å². The number of amides is 1. The summed E-state index contributed by atoms with van der Waals surface area (Å²) in [6.45, 7) is 4.51. The highest BCUT2D eigenvalue weighted by Gasteiger charge is 2.25. The standard InChI is InChI=1S/C22H23N3O3S/c1-15(2)28-21(27)14-29-22-23-17-8-4-6-10-19(17)25(22)13-20(26)24-12-11-16-7-3-5-9-18(16)24/h3-10,15H,11-14H2,1-2H3. The lowest BCUT2D eigenvalue weighted by Crippen LogP contribution is -2.32. The van der Waals surface area contributed by atoms with Crippen molar-refractivity contribution < 1.29 is 14.3 Å². The van der Waals surface area contributed by atoms with Crippen LogP contribution in [0.1, 0.15) is 19.4 Å². The molecule has 0 bridgehead atoms. The van der Waals surface area contributed by atoms with Gasteiger partial charge in [-0.2, -0.15) is 0 Å². The molecule has 2 heterocycles. The highest BCUT2D eigenvalue weighted by molar-refractivity contribution is 7.99. The molecule has 29 heavy (non-hydrogen) atoms. The minimum Gasteiger partial charge on any atom is -0.462 e. The summed E-state index contributed by atoms with van der Waals surface area (Å²) < 4.78 is 7.11. The number of aromatic nitrogens is 2. The van der Waals surface area contributed by atoms with Crippen LogP contribution in [0, 0.1) is 0 Å². The highest BCUT2D eigenvalue weighted by Crippen LogP contribution is 2.29. The van der Waals surface area contributed by atoms with Crippen molar-refractivity contribution in [3.05, 3.63) is 54.1 Å². The summed E-state index contributed by atoms with van der Waals surface area (Å²) in [4.78, 5) is 31.6. The van der Waals surface area contributed by atoms with E-state index in [0.717, 1.165) is 23.1 Å². The number of benzene rings is 2. The summed E-state index contributed by atoms with van der Waals surface area (Å²) in [6, 6.07) is 15.7. The number of hydrogen-bond donors (Lipinski definition) is 0. The molecular weight excluding hydrogens is 386 g/mol. The van der Waals surface area contributed by atoms with E-state index in [-0.39, 0.29) is 30.3 Å². The molecule has 0 atom stereocenters. The molecule has 1 aliphatic rings. The van der Waals surface area contributed by atoms with E-state index in [4.69, 9.17) is 4.74 Å². The molecule has 0 saturated heterocycles. The molecule has 1 aliphatic heterocycles. The van der Waals surface area contributed by atoms with Crippen LogP contribution in [-0.2, 0) is 27.3 Å². The lowest BCUT2D eigenvalue weighted by molar-refractivity contribution is -0.144. The fourth-order valence-electron chi connectivity index (χ4n) is 3.55. The first kappa shape index (κ1) is 19.5. The Hall–Kier alpha value is -2.80. The van der Waals surface area contributed by atoms with Crippen molar-refractivity contribution in [3.63, 3.8) is 0 Å². The Morgan fingerprint density at radius 3 is 2.72 bits per heavy atom. The van der Waals surface area contributed by atoms with Crippen LogP contribution in [0.5, 0.6) is 0 Å². The van der Waals surface area contributed by atoms with E-state index in [0.29, 0.717) is 11.7 Å². The Morgan fingerprint density at radius 2 is 1.90 bits per heavy atom. The molecule has 4 rings (SSSR count). The molecule has 3 aromatic rings. The van der Waals surface area contributed by atoms with Crippen molar-refractivity contribution in [2.45, 2.75) is 38.1 Å². The second-order valence-corrected chi connectivity index (χ2v) is 8.16.